The van der Waals surface area contributed by atoms with Crippen LogP contribution in [0.25, 0.3) is 0 Å². The Morgan fingerprint density at radius 1 is 1.50 bits per heavy atom. The van der Waals surface area contributed by atoms with Crippen molar-refractivity contribution in [2.75, 3.05) is 0 Å². The first-order chi connectivity index (χ1) is 5.72. The highest BCUT2D eigenvalue weighted by Crippen LogP contribution is 2.39. The fraction of sp³-hybridized carbons (Fsp3) is 0.444. The zero-order valence-electron chi connectivity index (χ0n) is 6.71. The van der Waals surface area contributed by atoms with Crippen molar-refractivity contribution >= 4 is 0 Å². The van der Waals surface area contributed by atoms with Crippen LogP contribution in [0.4, 0.5) is 0 Å². The van der Waals surface area contributed by atoms with Crippen molar-refractivity contribution in [2.24, 2.45) is 0 Å². The molecule has 1 heterocycles. The van der Waals surface area contributed by atoms with Crippen LogP contribution in [0.15, 0.2) is 23.1 Å². The number of hydrogen-bond acceptors (Lipinski definition) is 2. The van der Waals surface area contributed by atoms with Crippen LogP contribution < -0.4 is 5.56 Å². The summed E-state index contributed by atoms with van der Waals surface area (Å²) in [6.45, 7) is 0. The minimum absolute atomic E-state index is 0.167. The third-order valence-corrected chi connectivity index (χ3v) is 2.50. The van der Waals surface area contributed by atoms with Gasteiger partial charge in [0.25, 0.3) is 5.56 Å². The maximum Gasteiger partial charge on any atom is 0.254 e. The number of rotatable bonds is 1. The number of aromatic amines is 1. The van der Waals surface area contributed by atoms with Crippen LogP contribution >= 0.6 is 0 Å². The topological polar surface area (TPSA) is 53.1 Å². The lowest BCUT2D eigenvalue weighted by molar-refractivity contribution is -0.0400. The standard InChI is InChI=1S/C9H11NO2/c11-8-7(3-1-6-10-8)9(12)4-2-5-9/h1,3,6,12H,2,4-5H2,(H,10,11). The first-order valence-electron chi connectivity index (χ1n) is 4.13. The van der Waals surface area contributed by atoms with Crippen LogP contribution in [-0.2, 0) is 5.60 Å². The molecule has 3 heteroatoms. The van der Waals surface area contributed by atoms with Gasteiger partial charge in [0.05, 0.1) is 5.60 Å². The van der Waals surface area contributed by atoms with Crippen molar-refractivity contribution in [2.45, 2.75) is 24.9 Å². The summed E-state index contributed by atoms with van der Waals surface area (Å²) >= 11 is 0. The van der Waals surface area contributed by atoms with Crippen molar-refractivity contribution in [1.29, 1.82) is 0 Å². The third-order valence-electron chi connectivity index (χ3n) is 2.50. The molecule has 1 aliphatic carbocycles. The minimum atomic E-state index is -0.838. The van der Waals surface area contributed by atoms with Gasteiger partial charge in [-0.05, 0) is 31.4 Å². The van der Waals surface area contributed by atoms with Gasteiger partial charge in [-0.15, -0.1) is 0 Å². The smallest absolute Gasteiger partial charge is 0.254 e. The van der Waals surface area contributed by atoms with Gasteiger partial charge in [0.2, 0.25) is 0 Å². The molecular formula is C9H11NO2. The molecule has 0 atom stereocenters. The van der Waals surface area contributed by atoms with E-state index in [4.69, 9.17) is 0 Å². The monoisotopic (exact) mass is 165 g/mol. The molecule has 3 nitrogen and oxygen atoms in total. The van der Waals surface area contributed by atoms with Crippen LogP contribution in [0.1, 0.15) is 24.8 Å². The highest BCUT2D eigenvalue weighted by molar-refractivity contribution is 5.20. The number of pyridine rings is 1. The molecule has 0 aromatic carbocycles. The molecule has 1 fully saturated rings. The summed E-state index contributed by atoms with van der Waals surface area (Å²) in [7, 11) is 0. The second-order valence-electron chi connectivity index (χ2n) is 3.30. The van der Waals surface area contributed by atoms with Crippen LogP contribution in [0.3, 0.4) is 0 Å². The Hall–Kier alpha value is -1.09. The first-order valence-corrected chi connectivity index (χ1v) is 4.13. The van der Waals surface area contributed by atoms with E-state index in [-0.39, 0.29) is 5.56 Å². The molecule has 64 valence electrons. The Labute approximate surface area is 70.1 Å². The minimum Gasteiger partial charge on any atom is -0.385 e. The second kappa shape index (κ2) is 2.45. The van der Waals surface area contributed by atoms with E-state index in [0.717, 1.165) is 6.42 Å². The highest BCUT2D eigenvalue weighted by Gasteiger charge is 2.37. The molecule has 2 rings (SSSR count). The lowest BCUT2D eigenvalue weighted by Gasteiger charge is -2.35. The van der Waals surface area contributed by atoms with E-state index >= 15 is 0 Å². The Bertz CT molecular complexity index is 338. The fourth-order valence-electron chi connectivity index (χ4n) is 1.57. The SMILES string of the molecule is O=c1[nH]cccc1C1(O)CCC1. The molecule has 1 saturated carbocycles. The number of H-pyrrole nitrogens is 1. The summed E-state index contributed by atoms with van der Waals surface area (Å²) in [6.07, 6.45) is 4.00. The van der Waals surface area contributed by atoms with Gasteiger partial charge in [0.15, 0.2) is 0 Å². The molecule has 0 spiro atoms. The summed E-state index contributed by atoms with van der Waals surface area (Å²) in [6, 6.07) is 3.44. The predicted octanol–water partition coefficient (Wildman–Crippen LogP) is 0.746. The summed E-state index contributed by atoms with van der Waals surface area (Å²) in [4.78, 5) is 13.8. The van der Waals surface area contributed by atoms with Crippen LogP contribution in [-0.4, -0.2) is 10.1 Å². The molecule has 0 bridgehead atoms. The van der Waals surface area contributed by atoms with Gasteiger partial charge in [-0.2, -0.15) is 0 Å². The van der Waals surface area contributed by atoms with Crippen molar-refractivity contribution < 1.29 is 5.11 Å². The number of hydrogen-bond donors (Lipinski definition) is 2. The van der Waals surface area contributed by atoms with Gasteiger partial charge >= 0.3 is 0 Å². The second-order valence-corrected chi connectivity index (χ2v) is 3.30. The molecular weight excluding hydrogens is 154 g/mol. The Morgan fingerprint density at radius 2 is 2.25 bits per heavy atom. The summed E-state index contributed by atoms with van der Waals surface area (Å²) < 4.78 is 0. The van der Waals surface area contributed by atoms with E-state index in [9.17, 15) is 9.90 Å². The first kappa shape index (κ1) is 7.55. The van der Waals surface area contributed by atoms with E-state index in [1.807, 2.05) is 0 Å². The van der Waals surface area contributed by atoms with Gasteiger partial charge in [-0.25, -0.2) is 0 Å². The van der Waals surface area contributed by atoms with Gasteiger partial charge < -0.3 is 10.1 Å². The van der Waals surface area contributed by atoms with E-state index < -0.39 is 5.60 Å². The van der Waals surface area contributed by atoms with Crippen LogP contribution in [0.2, 0.25) is 0 Å². The summed E-state index contributed by atoms with van der Waals surface area (Å²) in [5.74, 6) is 0. The normalized spacial score (nSPS) is 20.1. The molecule has 0 saturated heterocycles. The Morgan fingerprint density at radius 3 is 2.75 bits per heavy atom. The van der Waals surface area contributed by atoms with Crippen molar-refractivity contribution in [3.8, 4) is 0 Å². The summed E-state index contributed by atoms with van der Waals surface area (Å²) in [5, 5.41) is 9.84. The van der Waals surface area contributed by atoms with Gasteiger partial charge in [0.1, 0.15) is 0 Å². The van der Waals surface area contributed by atoms with Crippen molar-refractivity contribution in [1.82, 2.24) is 4.98 Å². The molecule has 1 aromatic rings. The quantitative estimate of drug-likeness (QED) is 0.645. The van der Waals surface area contributed by atoms with E-state index in [2.05, 4.69) is 4.98 Å². The van der Waals surface area contributed by atoms with Crippen molar-refractivity contribution in [3.05, 3.63) is 34.2 Å². The van der Waals surface area contributed by atoms with Gasteiger partial charge in [0, 0.05) is 11.8 Å². The zero-order valence-corrected chi connectivity index (χ0v) is 6.71. The lowest BCUT2D eigenvalue weighted by Crippen LogP contribution is -2.38. The molecule has 2 N–H and O–H groups in total. The lowest BCUT2D eigenvalue weighted by atomic mass is 9.76. The average molecular weight is 165 g/mol. The fourth-order valence-corrected chi connectivity index (χ4v) is 1.57. The Balaban J connectivity index is 2.46. The highest BCUT2D eigenvalue weighted by atomic mass is 16.3. The molecule has 0 unspecified atom stereocenters. The molecule has 12 heavy (non-hydrogen) atoms. The van der Waals surface area contributed by atoms with E-state index in [1.54, 1.807) is 18.3 Å². The van der Waals surface area contributed by atoms with Crippen LogP contribution in [0, 0.1) is 0 Å². The van der Waals surface area contributed by atoms with Crippen molar-refractivity contribution in [3.63, 3.8) is 0 Å². The van der Waals surface area contributed by atoms with E-state index in [1.165, 1.54) is 0 Å². The molecule has 0 aliphatic heterocycles. The van der Waals surface area contributed by atoms with E-state index in [0.29, 0.717) is 18.4 Å². The molecule has 1 aromatic heterocycles. The molecule has 0 amide bonds. The number of aliphatic hydroxyl groups is 1. The third kappa shape index (κ3) is 0.975. The largest absolute Gasteiger partial charge is 0.385 e. The van der Waals surface area contributed by atoms with Gasteiger partial charge in [-0.1, -0.05) is 0 Å². The average Bonchev–Trinajstić information content (AvgIpc) is 2.01. The maximum absolute atomic E-state index is 11.2. The Kier molecular flexibility index (Phi) is 1.54. The van der Waals surface area contributed by atoms with Gasteiger partial charge in [-0.3, -0.25) is 4.79 Å². The number of aromatic nitrogens is 1. The molecule has 0 radical (unpaired) electrons. The predicted molar refractivity (Wildman–Crippen MR) is 44.8 cm³/mol. The summed E-state index contributed by atoms with van der Waals surface area (Å²) in [5.41, 5.74) is -0.495. The molecule has 1 aliphatic rings. The maximum atomic E-state index is 11.2. The number of nitrogens with one attached hydrogen (secondary N) is 1. The van der Waals surface area contributed by atoms with Crippen LogP contribution in [0.5, 0.6) is 0 Å². The zero-order chi connectivity index (χ0) is 8.60.